The average Bonchev–Trinajstić information content (AvgIpc) is 2.55. The first-order chi connectivity index (χ1) is 11.5. The molecule has 2 rings (SSSR count). The second-order valence-corrected chi connectivity index (χ2v) is 7.26. The van der Waals surface area contributed by atoms with Gasteiger partial charge in [0, 0.05) is 31.1 Å². The second-order valence-electron chi connectivity index (χ2n) is 6.16. The van der Waals surface area contributed by atoms with Gasteiger partial charge in [-0.05, 0) is 24.0 Å². The lowest BCUT2D eigenvalue weighted by molar-refractivity contribution is -0.143. The predicted molar refractivity (Wildman–Crippen MR) is 92.4 cm³/mol. The molecular formula is C17H23FN2O3S. The Hall–Kier alpha value is -1.76. The van der Waals surface area contributed by atoms with E-state index in [0.717, 1.165) is 0 Å². The molecular weight excluding hydrogens is 331 g/mol. The van der Waals surface area contributed by atoms with Gasteiger partial charge in [-0.25, -0.2) is 9.18 Å². The minimum atomic E-state index is -0.847. The molecule has 132 valence electrons. The van der Waals surface area contributed by atoms with Crippen molar-refractivity contribution < 1.29 is 19.1 Å². The van der Waals surface area contributed by atoms with Crippen molar-refractivity contribution in [2.45, 2.75) is 19.1 Å². The van der Waals surface area contributed by atoms with Crippen LogP contribution in [0.4, 0.5) is 9.18 Å². The van der Waals surface area contributed by atoms with Gasteiger partial charge in [-0.1, -0.05) is 25.1 Å². The van der Waals surface area contributed by atoms with Crippen LogP contribution in [0.25, 0.3) is 0 Å². The van der Waals surface area contributed by atoms with Crippen LogP contribution < -0.4 is 5.32 Å². The van der Waals surface area contributed by atoms with Gasteiger partial charge in [0.25, 0.3) is 0 Å². The van der Waals surface area contributed by atoms with Crippen LogP contribution >= 0.6 is 11.8 Å². The highest BCUT2D eigenvalue weighted by Crippen LogP contribution is 2.21. The lowest BCUT2D eigenvalue weighted by atomic mass is 9.91. The van der Waals surface area contributed by atoms with Gasteiger partial charge >= 0.3 is 12.0 Å². The van der Waals surface area contributed by atoms with E-state index in [0.29, 0.717) is 36.6 Å². The van der Waals surface area contributed by atoms with Crippen LogP contribution in [0.5, 0.6) is 0 Å². The first-order valence-electron chi connectivity index (χ1n) is 8.04. The maximum Gasteiger partial charge on any atom is 0.317 e. The van der Waals surface area contributed by atoms with E-state index < -0.39 is 11.9 Å². The zero-order valence-electron chi connectivity index (χ0n) is 13.7. The molecule has 5 nitrogen and oxygen atoms in total. The van der Waals surface area contributed by atoms with E-state index in [1.165, 1.54) is 6.07 Å². The van der Waals surface area contributed by atoms with E-state index in [1.807, 2.05) is 6.92 Å². The molecule has 0 aromatic heterocycles. The van der Waals surface area contributed by atoms with Crippen LogP contribution in [0.1, 0.15) is 18.9 Å². The van der Waals surface area contributed by atoms with E-state index >= 15 is 0 Å². The molecule has 0 aliphatic carbocycles. The fourth-order valence-electron chi connectivity index (χ4n) is 2.84. The Morgan fingerprint density at radius 1 is 1.38 bits per heavy atom. The molecule has 0 radical (unpaired) electrons. The molecule has 1 fully saturated rings. The number of halogens is 1. The molecule has 2 atom stereocenters. The highest BCUT2D eigenvalue weighted by atomic mass is 32.2. The van der Waals surface area contributed by atoms with Crippen molar-refractivity contribution in [1.82, 2.24) is 10.2 Å². The lowest BCUT2D eigenvalue weighted by Gasteiger charge is -2.34. The predicted octanol–water partition coefficient (Wildman–Crippen LogP) is 2.81. The standard InChI is InChI=1S/C17H23FN2O3S/c1-12-8-14(16(21)22)10-20(9-12)17(23)19-6-7-24-11-13-4-2-3-5-15(13)18/h2-5,12,14H,6-11H2,1H3,(H,19,23)(H,21,22). The summed E-state index contributed by atoms with van der Waals surface area (Å²) in [6.07, 6.45) is 0.609. The minimum Gasteiger partial charge on any atom is -0.481 e. The van der Waals surface area contributed by atoms with Crippen molar-refractivity contribution in [1.29, 1.82) is 0 Å². The van der Waals surface area contributed by atoms with Gasteiger partial charge in [0.2, 0.25) is 0 Å². The quantitative estimate of drug-likeness (QED) is 0.771. The summed E-state index contributed by atoms with van der Waals surface area (Å²) in [5.74, 6) is -0.136. The number of rotatable bonds is 6. The normalized spacial score (nSPS) is 20.7. The summed E-state index contributed by atoms with van der Waals surface area (Å²) in [5.41, 5.74) is 0.656. The molecule has 1 saturated heterocycles. The molecule has 1 aliphatic rings. The van der Waals surface area contributed by atoms with Crippen LogP contribution in [0.15, 0.2) is 24.3 Å². The molecule has 24 heavy (non-hydrogen) atoms. The highest BCUT2D eigenvalue weighted by molar-refractivity contribution is 7.98. The summed E-state index contributed by atoms with van der Waals surface area (Å²) < 4.78 is 13.5. The number of likely N-dealkylation sites (tertiary alicyclic amines) is 1. The Balaban J connectivity index is 1.69. The molecule has 1 aromatic carbocycles. The molecule has 0 saturated carbocycles. The number of carboxylic acid groups (broad SMARTS) is 1. The Morgan fingerprint density at radius 2 is 2.12 bits per heavy atom. The number of piperidine rings is 1. The first-order valence-corrected chi connectivity index (χ1v) is 9.19. The average molecular weight is 354 g/mol. The Labute approximate surface area is 145 Å². The summed E-state index contributed by atoms with van der Waals surface area (Å²) >= 11 is 1.55. The number of benzene rings is 1. The SMILES string of the molecule is CC1CC(C(=O)O)CN(C(=O)NCCSCc2ccccc2F)C1. The van der Waals surface area contributed by atoms with E-state index in [-0.39, 0.29) is 24.3 Å². The zero-order chi connectivity index (χ0) is 17.5. The Kier molecular flexibility index (Phi) is 6.90. The molecule has 2 unspecified atom stereocenters. The molecule has 1 aromatic rings. The number of hydrogen-bond acceptors (Lipinski definition) is 3. The third kappa shape index (κ3) is 5.40. The maximum absolute atomic E-state index is 13.5. The summed E-state index contributed by atoms with van der Waals surface area (Å²) in [4.78, 5) is 24.9. The van der Waals surface area contributed by atoms with Crippen molar-refractivity contribution in [2.24, 2.45) is 11.8 Å². The lowest BCUT2D eigenvalue weighted by Crippen LogP contribution is -2.49. The number of thioether (sulfide) groups is 1. The van der Waals surface area contributed by atoms with Crippen molar-refractivity contribution in [3.05, 3.63) is 35.6 Å². The smallest absolute Gasteiger partial charge is 0.317 e. The number of hydrogen-bond donors (Lipinski definition) is 2. The number of amides is 2. The molecule has 1 heterocycles. The number of carboxylic acids is 1. The van der Waals surface area contributed by atoms with Crippen molar-refractivity contribution in [2.75, 3.05) is 25.4 Å². The van der Waals surface area contributed by atoms with Crippen LogP contribution in [0.3, 0.4) is 0 Å². The number of nitrogens with zero attached hydrogens (tertiary/aromatic N) is 1. The fraction of sp³-hybridized carbons (Fsp3) is 0.529. The van der Waals surface area contributed by atoms with Crippen LogP contribution in [-0.4, -0.2) is 47.4 Å². The van der Waals surface area contributed by atoms with Crippen molar-refractivity contribution in [3.8, 4) is 0 Å². The minimum absolute atomic E-state index is 0.182. The van der Waals surface area contributed by atoms with Crippen molar-refractivity contribution >= 4 is 23.8 Å². The van der Waals surface area contributed by atoms with E-state index in [2.05, 4.69) is 5.32 Å². The zero-order valence-corrected chi connectivity index (χ0v) is 14.5. The topological polar surface area (TPSA) is 69.6 Å². The largest absolute Gasteiger partial charge is 0.481 e. The second kappa shape index (κ2) is 8.92. The van der Waals surface area contributed by atoms with Gasteiger partial charge in [-0.3, -0.25) is 4.79 Å². The molecule has 1 aliphatic heterocycles. The Morgan fingerprint density at radius 3 is 2.83 bits per heavy atom. The molecule has 2 amide bonds. The first kappa shape index (κ1) is 18.6. The third-order valence-electron chi connectivity index (χ3n) is 4.03. The summed E-state index contributed by atoms with van der Waals surface area (Å²) in [6.45, 7) is 3.27. The van der Waals surface area contributed by atoms with Crippen LogP contribution in [0, 0.1) is 17.7 Å². The van der Waals surface area contributed by atoms with Gasteiger partial charge in [0.1, 0.15) is 5.82 Å². The Bertz CT molecular complexity index is 585. The van der Waals surface area contributed by atoms with Gasteiger partial charge in [-0.15, -0.1) is 0 Å². The van der Waals surface area contributed by atoms with E-state index in [9.17, 15) is 14.0 Å². The van der Waals surface area contributed by atoms with Gasteiger partial charge in [-0.2, -0.15) is 11.8 Å². The third-order valence-corrected chi connectivity index (χ3v) is 5.04. The molecule has 0 bridgehead atoms. The number of aliphatic carboxylic acids is 1. The number of carbonyl (C=O) groups is 2. The maximum atomic E-state index is 13.5. The van der Waals surface area contributed by atoms with Gasteiger partial charge in [0.05, 0.1) is 5.92 Å². The highest BCUT2D eigenvalue weighted by Gasteiger charge is 2.31. The van der Waals surface area contributed by atoms with Gasteiger partial charge in [0.15, 0.2) is 0 Å². The van der Waals surface area contributed by atoms with E-state index in [4.69, 9.17) is 5.11 Å². The summed E-state index contributed by atoms with van der Waals surface area (Å²) in [6, 6.07) is 6.43. The van der Waals surface area contributed by atoms with Crippen LogP contribution in [-0.2, 0) is 10.5 Å². The summed E-state index contributed by atoms with van der Waals surface area (Å²) in [7, 11) is 0. The van der Waals surface area contributed by atoms with Gasteiger partial charge < -0.3 is 15.3 Å². The number of urea groups is 1. The van der Waals surface area contributed by atoms with Crippen molar-refractivity contribution in [3.63, 3.8) is 0 Å². The molecule has 0 spiro atoms. The fourth-order valence-corrected chi connectivity index (χ4v) is 3.68. The molecule has 2 N–H and O–H groups in total. The van der Waals surface area contributed by atoms with E-state index in [1.54, 1.807) is 34.9 Å². The molecule has 7 heteroatoms. The number of carbonyl (C=O) groups excluding carboxylic acids is 1. The monoisotopic (exact) mass is 354 g/mol. The summed E-state index contributed by atoms with van der Waals surface area (Å²) in [5, 5.41) is 12.0. The van der Waals surface area contributed by atoms with Crippen LogP contribution in [0.2, 0.25) is 0 Å². The number of nitrogens with one attached hydrogen (secondary N) is 1.